The minimum absolute atomic E-state index is 0.0594. The Morgan fingerprint density at radius 3 is 2.72 bits per heavy atom. The van der Waals surface area contributed by atoms with Gasteiger partial charge in [-0.25, -0.2) is 14.4 Å². The molecule has 168 valence electrons. The highest BCUT2D eigenvalue weighted by Gasteiger charge is 2.37. The predicted octanol–water partition coefficient (Wildman–Crippen LogP) is 4.48. The van der Waals surface area contributed by atoms with Gasteiger partial charge in [0.2, 0.25) is 11.9 Å². The Bertz CT molecular complexity index is 1170. The van der Waals surface area contributed by atoms with Crippen LogP contribution in [-0.4, -0.2) is 44.6 Å². The molecule has 1 N–H and O–H groups in total. The normalized spacial score (nSPS) is 15.5. The lowest BCUT2D eigenvalue weighted by Crippen LogP contribution is -2.54. The number of carbonyl (C=O) groups is 2. The number of anilines is 1. The van der Waals surface area contributed by atoms with Crippen molar-refractivity contribution >= 4 is 39.2 Å². The molecule has 0 spiro atoms. The number of amides is 1. The number of likely N-dealkylation sites (tertiary alicyclic amines) is 1. The van der Waals surface area contributed by atoms with Crippen molar-refractivity contribution in [3.8, 4) is 0 Å². The van der Waals surface area contributed by atoms with Crippen LogP contribution in [0.3, 0.4) is 0 Å². The highest BCUT2D eigenvalue weighted by molar-refractivity contribution is 7.17. The number of pyridine rings is 1. The zero-order valence-corrected chi connectivity index (χ0v) is 19.4. The Hall–Kier alpha value is -2.94. The largest absolute Gasteiger partial charge is 0.348 e. The molecule has 0 saturated carbocycles. The van der Waals surface area contributed by atoms with E-state index in [0.717, 1.165) is 10.9 Å². The number of carbonyl (C=O) groups excluding carboxylic acids is 2. The molecule has 4 rings (SSSR count). The van der Waals surface area contributed by atoms with E-state index >= 15 is 0 Å². The van der Waals surface area contributed by atoms with Gasteiger partial charge in [0.25, 0.3) is 0 Å². The van der Waals surface area contributed by atoms with E-state index in [1.807, 2.05) is 39.1 Å². The topological polar surface area (TPSA) is 88.1 Å². The first-order chi connectivity index (χ1) is 15.1. The second kappa shape index (κ2) is 8.54. The molecule has 1 amide bonds. The van der Waals surface area contributed by atoms with Crippen molar-refractivity contribution in [1.29, 1.82) is 0 Å². The molecule has 1 atom stereocenters. The van der Waals surface area contributed by atoms with Crippen LogP contribution in [-0.2, 0) is 4.79 Å². The average Bonchev–Trinajstić information content (AvgIpc) is 3.17. The van der Waals surface area contributed by atoms with E-state index in [9.17, 15) is 14.0 Å². The maximum Gasteiger partial charge on any atom is 0.227 e. The maximum absolute atomic E-state index is 13.5. The summed E-state index contributed by atoms with van der Waals surface area (Å²) in [7, 11) is 0. The summed E-state index contributed by atoms with van der Waals surface area (Å²) in [4.78, 5) is 40.2. The van der Waals surface area contributed by atoms with Crippen LogP contribution in [0.4, 0.5) is 10.3 Å². The summed E-state index contributed by atoms with van der Waals surface area (Å²) >= 11 is 1.43. The molecule has 0 aliphatic carbocycles. The Labute approximate surface area is 190 Å². The van der Waals surface area contributed by atoms with Crippen molar-refractivity contribution in [1.82, 2.24) is 19.9 Å². The summed E-state index contributed by atoms with van der Waals surface area (Å²) in [5.74, 6) is 0.0781. The molecule has 1 fully saturated rings. The molecule has 32 heavy (non-hydrogen) atoms. The summed E-state index contributed by atoms with van der Waals surface area (Å²) in [6.45, 7) is 8.74. The molecular formula is C23H26FN5O2S. The number of hydrogen-bond acceptors (Lipinski definition) is 7. The minimum atomic E-state index is -0.417. The summed E-state index contributed by atoms with van der Waals surface area (Å²) < 4.78 is 14.3. The van der Waals surface area contributed by atoms with Crippen molar-refractivity contribution in [2.24, 2.45) is 11.3 Å². The highest BCUT2D eigenvalue weighted by atomic mass is 32.1. The van der Waals surface area contributed by atoms with Crippen LogP contribution in [0.15, 0.2) is 29.9 Å². The van der Waals surface area contributed by atoms with Crippen LogP contribution >= 0.6 is 11.3 Å². The molecule has 0 radical (unpaired) electrons. The van der Waals surface area contributed by atoms with Crippen molar-refractivity contribution in [3.63, 3.8) is 0 Å². The van der Waals surface area contributed by atoms with Gasteiger partial charge in [0.05, 0.1) is 22.5 Å². The van der Waals surface area contributed by atoms with Gasteiger partial charge in [0.15, 0.2) is 5.78 Å². The van der Waals surface area contributed by atoms with Gasteiger partial charge in [-0.1, -0.05) is 20.8 Å². The molecule has 1 saturated heterocycles. The summed E-state index contributed by atoms with van der Waals surface area (Å²) in [5.41, 5.74) is 1.32. The van der Waals surface area contributed by atoms with Gasteiger partial charge in [-0.3, -0.25) is 14.6 Å². The van der Waals surface area contributed by atoms with Gasteiger partial charge < -0.3 is 10.2 Å². The molecule has 0 aromatic carbocycles. The molecule has 1 aliphatic heterocycles. The second-order valence-electron chi connectivity index (χ2n) is 9.29. The van der Waals surface area contributed by atoms with Crippen LogP contribution in [0.5, 0.6) is 0 Å². The number of fused-ring (bicyclic) bond motifs is 1. The van der Waals surface area contributed by atoms with E-state index in [2.05, 4.69) is 20.3 Å². The zero-order valence-electron chi connectivity index (χ0n) is 18.6. The van der Waals surface area contributed by atoms with E-state index in [1.165, 1.54) is 17.4 Å². The van der Waals surface area contributed by atoms with Crippen molar-refractivity contribution in [3.05, 3.63) is 47.0 Å². The Kier molecular flexibility index (Phi) is 5.94. The fourth-order valence-electron chi connectivity index (χ4n) is 3.76. The molecule has 7 nitrogen and oxygen atoms in total. The molecule has 0 unspecified atom stereocenters. The number of Topliss-reactive ketones (excluding diaryl/α,β-unsaturated/α-hetero) is 1. The number of aromatic nitrogens is 3. The van der Waals surface area contributed by atoms with Crippen LogP contribution in [0.25, 0.3) is 10.2 Å². The number of hydrogen-bond donors (Lipinski definition) is 1. The number of nitrogens with one attached hydrogen (secondary N) is 1. The fourth-order valence-corrected chi connectivity index (χ4v) is 4.60. The van der Waals surface area contributed by atoms with Crippen LogP contribution < -0.4 is 5.32 Å². The molecule has 3 aromatic rings. The van der Waals surface area contributed by atoms with E-state index in [4.69, 9.17) is 0 Å². The zero-order chi connectivity index (χ0) is 23.0. The van der Waals surface area contributed by atoms with Crippen LogP contribution in [0.2, 0.25) is 0 Å². The van der Waals surface area contributed by atoms with Crippen molar-refractivity contribution in [2.75, 3.05) is 18.4 Å². The van der Waals surface area contributed by atoms with E-state index < -0.39 is 11.2 Å². The molecular weight excluding hydrogens is 429 g/mol. The predicted molar refractivity (Wildman–Crippen MR) is 122 cm³/mol. The molecule has 1 aliphatic rings. The van der Waals surface area contributed by atoms with Crippen molar-refractivity contribution in [2.45, 2.75) is 40.2 Å². The lowest BCUT2D eigenvalue weighted by atomic mass is 9.88. The van der Waals surface area contributed by atoms with E-state index in [-0.39, 0.29) is 23.7 Å². The first kappa shape index (κ1) is 22.3. The SMILES string of the molecule is C[C@H](Nc1nc(C(=O)CC2CN(C(=O)C(C)(C)C)C2)c2sccc2n1)c1cncc(F)c1. The van der Waals surface area contributed by atoms with Crippen LogP contribution in [0.1, 0.15) is 56.2 Å². The lowest BCUT2D eigenvalue weighted by Gasteiger charge is -2.42. The standard InChI is InChI=1S/C23H26FN5O2S/c1-13(15-8-16(24)10-25-9-15)26-22-27-17-5-6-32-20(17)19(28-22)18(30)7-14-11-29(12-14)21(31)23(2,3)4/h5-6,8-10,13-14H,7,11-12H2,1-4H3,(H,26,27,28)/t13-/m0/s1. The third-order valence-electron chi connectivity index (χ3n) is 5.50. The third kappa shape index (κ3) is 4.62. The summed E-state index contributed by atoms with van der Waals surface area (Å²) in [6.07, 6.45) is 3.06. The number of rotatable bonds is 6. The minimum Gasteiger partial charge on any atom is -0.348 e. The first-order valence-electron chi connectivity index (χ1n) is 10.6. The maximum atomic E-state index is 13.5. The monoisotopic (exact) mass is 455 g/mol. The first-order valence-corrected chi connectivity index (χ1v) is 11.4. The Morgan fingerprint density at radius 2 is 2.03 bits per heavy atom. The number of thiophene rings is 1. The smallest absolute Gasteiger partial charge is 0.227 e. The summed E-state index contributed by atoms with van der Waals surface area (Å²) in [5, 5.41) is 5.03. The summed E-state index contributed by atoms with van der Waals surface area (Å²) in [6, 6.07) is 2.97. The Morgan fingerprint density at radius 1 is 1.28 bits per heavy atom. The molecule has 3 aromatic heterocycles. The Balaban J connectivity index is 1.49. The van der Waals surface area contributed by atoms with Crippen molar-refractivity contribution < 1.29 is 14.0 Å². The van der Waals surface area contributed by atoms with E-state index in [0.29, 0.717) is 42.2 Å². The van der Waals surface area contributed by atoms with Crippen LogP contribution in [0, 0.1) is 17.2 Å². The third-order valence-corrected chi connectivity index (χ3v) is 6.41. The van der Waals surface area contributed by atoms with Gasteiger partial charge in [-0.05, 0) is 30.0 Å². The lowest BCUT2D eigenvalue weighted by molar-refractivity contribution is -0.146. The highest BCUT2D eigenvalue weighted by Crippen LogP contribution is 2.30. The van der Waals surface area contributed by atoms with Gasteiger partial charge >= 0.3 is 0 Å². The molecule has 4 heterocycles. The average molecular weight is 456 g/mol. The second-order valence-corrected chi connectivity index (χ2v) is 10.2. The molecule has 9 heteroatoms. The van der Waals surface area contributed by atoms with Gasteiger partial charge in [-0.15, -0.1) is 11.3 Å². The number of ketones is 1. The number of nitrogens with zero attached hydrogens (tertiary/aromatic N) is 4. The van der Waals surface area contributed by atoms with Gasteiger partial charge in [0.1, 0.15) is 11.5 Å². The quantitative estimate of drug-likeness (QED) is 0.552. The van der Waals surface area contributed by atoms with Gasteiger partial charge in [-0.2, -0.15) is 0 Å². The number of halogens is 1. The van der Waals surface area contributed by atoms with E-state index in [1.54, 1.807) is 11.1 Å². The van der Waals surface area contributed by atoms with Gasteiger partial charge in [0, 0.05) is 37.0 Å². The fraction of sp³-hybridized carbons (Fsp3) is 0.435. The molecule has 0 bridgehead atoms.